The van der Waals surface area contributed by atoms with Crippen LogP contribution in [0.3, 0.4) is 0 Å². The van der Waals surface area contributed by atoms with E-state index in [9.17, 15) is 9.59 Å². The Morgan fingerprint density at radius 1 is 1.00 bits per heavy atom. The van der Waals surface area contributed by atoms with E-state index >= 15 is 0 Å². The number of carbonyl (C=O) groups excluding carboxylic acids is 1. The van der Waals surface area contributed by atoms with E-state index in [0.717, 1.165) is 61.4 Å². The highest BCUT2D eigenvalue weighted by molar-refractivity contribution is 5.94. The number of ether oxygens (including phenoxy) is 3. The van der Waals surface area contributed by atoms with Crippen molar-refractivity contribution in [2.24, 2.45) is 5.92 Å². The third kappa shape index (κ3) is 5.52. The Morgan fingerprint density at radius 2 is 1.89 bits per heavy atom. The second-order valence-corrected chi connectivity index (χ2v) is 10.1. The van der Waals surface area contributed by atoms with Gasteiger partial charge in [-0.05, 0) is 48.6 Å². The second-order valence-electron chi connectivity index (χ2n) is 10.1. The molecule has 3 aromatic rings. The number of rotatable bonds is 4. The van der Waals surface area contributed by atoms with Gasteiger partial charge in [-0.1, -0.05) is 0 Å². The lowest BCUT2D eigenvalue weighted by Gasteiger charge is -2.20. The molecule has 1 aromatic carbocycles. The molecule has 3 atom stereocenters. The molecule has 0 saturated carbocycles. The molecule has 1 saturated heterocycles. The van der Waals surface area contributed by atoms with Gasteiger partial charge >= 0.3 is 0 Å². The van der Waals surface area contributed by atoms with Crippen LogP contribution in [0.4, 0.5) is 5.82 Å². The van der Waals surface area contributed by atoms with Crippen molar-refractivity contribution in [3.05, 3.63) is 58.5 Å². The van der Waals surface area contributed by atoms with Gasteiger partial charge in [0.25, 0.3) is 11.5 Å². The van der Waals surface area contributed by atoms with Crippen LogP contribution >= 0.6 is 0 Å². The van der Waals surface area contributed by atoms with Crippen LogP contribution in [0.1, 0.15) is 18.5 Å². The minimum Gasteiger partial charge on any atom is -0.494 e. The number of pyridine rings is 2. The van der Waals surface area contributed by atoms with Gasteiger partial charge in [-0.15, -0.1) is 0 Å². The molecule has 10 nitrogen and oxygen atoms in total. The number of aromatic nitrogens is 2. The molecule has 2 N–H and O–H groups in total. The molecule has 0 radical (unpaired) electrons. The first-order valence-electron chi connectivity index (χ1n) is 13.4. The first-order chi connectivity index (χ1) is 18.6. The zero-order valence-corrected chi connectivity index (χ0v) is 21.4. The summed E-state index contributed by atoms with van der Waals surface area (Å²) < 4.78 is 19.6. The van der Waals surface area contributed by atoms with E-state index in [1.807, 2.05) is 41.0 Å². The Labute approximate surface area is 220 Å². The predicted octanol–water partition coefficient (Wildman–Crippen LogP) is 2.01. The van der Waals surface area contributed by atoms with Gasteiger partial charge in [-0.3, -0.25) is 14.5 Å². The summed E-state index contributed by atoms with van der Waals surface area (Å²) in [5, 5.41) is 7.33. The summed E-state index contributed by atoms with van der Waals surface area (Å²) in [7, 11) is 0. The van der Waals surface area contributed by atoms with Crippen LogP contribution in [0, 0.1) is 5.92 Å². The number of amides is 1. The molecule has 0 aliphatic carbocycles. The topological polar surface area (TPSA) is 107 Å². The first kappa shape index (κ1) is 24.8. The Hall–Kier alpha value is -3.47. The Bertz CT molecular complexity index is 1380. The second kappa shape index (κ2) is 11.1. The number of nitrogens with zero attached hydrogens (tertiary/aromatic N) is 3. The highest BCUT2D eigenvalue weighted by Crippen LogP contribution is 2.26. The van der Waals surface area contributed by atoms with Crippen molar-refractivity contribution in [2.45, 2.75) is 32.0 Å². The first-order valence-corrected chi connectivity index (χ1v) is 13.4. The standard InChI is InChI=1S/C28H33N5O5/c34-26-18-38-24-7-5-21(30-28(24)31-26)15-29-14-20-16-32-9-10-33-23-13-22(6-3-19(23)4-8-27(33)35)36-11-1-2-12-37-25(20)17-32/h3-8,13,20,25,29H,1-2,9-12,14-18H2,(H,30,31,34)/t20-,25-/m1/s1. The van der Waals surface area contributed by atoms with Gasteiger partial charge < -0.3 is 29.4 Å². The Morgan fingerprint density at radius 3 is 2.84 bits per heavy atom. The van der Waals surface area contributed by atoms with E-state index in [4.69, 9.17) is 14.2 Å². The van der Waals surface area contributed by atoms with Crippen molar-refractivity contribution in [1.29, 1.82) is 0 Å². The van der Waals surface area contributed by atoms with Crippen LogP contribution < -0.4 is 25.7 Å². The van der Waals surface area contributed by atoms with E-state index in [-0.39, 0.29) is 24.2 Å². The molecule has 1 amide bonds. The zero-order chi connectivity index (χ0) is 25.9. The van der Waals surface area contributed by atoms with Crippen molar-refractivity contribution in [1.82, 2.24) is 19.8 Å². The number of hydrogen-bond acceptors (Lipinski definition) is 8. The molecule has 38 heavy (non-hydrogen) atoms. The summed E-state index contributed by atoms with van der Waals surface area (Å²) in [5.74, 6) is 1.99. The summed E-state index contributed by atoms with van der Waals surface area (Å²) in [5.41, 5.74) is 1.75. The maximum absolute atomic E-state index is 12.8. The summed E-state index contributed by atoms with van der Waals surface area (Å²) in [6.45, 7) is 5.82. The lowest BCUT2D eigenvalue weighted by Crippen LogP contribution is -2.32. The minimum absolute atomic E-state index is 0.00307. The van der Waals surface area contributed by atoms with E-state index in [0.29, 0.717) is 43.8 Å². The fraction of sp³-hybridized carbons (Fsp3) is 0.464. The maximum atomic E-state index is 12.8. The van der Waals surface area contributed by atoms with Gasteiger partial charge in [0.2, 0.25) is 0 Å². The average molecular weight is 520 g/mol. The minimum atomic E-state index is -0.190. The van der Waals surface area contributed by atoms with Crippen LogP contribution in [0.5, 0.6) is 11.5 Å². The van der Waals surface area contributed by atoms with Crippen molar-refractivity contribution in [2.75, 3.05) is 51.3 Å². The monoisotopic (exact) mass is 519 g/mol. The lowest BCUT2D eigenvalue weighted by atomic mass is 10.1. The van der Waals surface area contributed by atoms with Gasteiger partial charge in [0.1, 0.15) is 5.75 Å². The molecule has 5 heterocycles. The lowest BCUT2D eigenvalue weighted by molar-refractivity contribution is -0.118. The number of benzene rings is 1. The molecule has 200 valence electrons. The third-order valence-corrected chi connectivity index (χ3v) is 7.45. The summed E-state index contributed by atoms with van der Waals surface area (Å²) in [6, 6.07) is 13.3. The van der Waals surface area contributed by atoms with E-state index in [2.05, 4.69) is 20.5 Å². The van der Waals surface area contributed by atoms with Crippen LogP contribution in [-0.4, -0.2) is 72.5 Å². The Kier molecular flexibility index (Phi) is 7.26. The van der Waals surface area contributed by atoms with Crippen molar-refractivity contribution in [3.8, 4) is 11.5 Å². The molecule has 1 unspecified atom stereocenters. The number of fused-ring (bicyclic) bond motifs is 4. The molecule has 3 aliphatic rings. The van der Waals surface area contributed by atoms with Crippen LogP contribution in [-0.2, 0) is 22.6 Å². The molecule has 1 fully saturated rings. The van der Waals surface area contributed by atoms with Gasteiger partial charge in [0, 0.05) is 63.9 Å². The number of hydrogen-bond donors (Lipinski definition) is 2. The maximum Gasteiger partial charge on any atom is 0.263 e. The molecule has 3 aliphatic heterocycles. The summed E-state index contributed by atoms with van der Waals surface area (Å²) >= 11 is 0. The Balaban J connectivity index is 1.12. The smallest absolute Gasteiger partial charge is 0.263 e. The summed E-state index contributed by atoms with van der Waals surface area (Å²) in [6.07, 6.45) is 1.96. The fourth-order valence-corrected chi connectivity index (χ4v) is 5.44. The van der Waals surface area contributed by atoms with Gasteiger partial charge in [-0.2, -0.15) is 0 Å². The van der Waals surface area contributed by atoms with E-state index in [1.54, 1.807) is 6.07 Å². The van der Waals surface area contributed by atoms with Crippen molar-refractivity contribution in [3.63, 3.8) is 0 Å². The molecule has 4 bridgehead atoms. The number of nitrogens with one attached hydrogen (secondary N) is 2. The van der Waals surface area contributed by atoms with Crippen molar-refractivity contribution >= 4 is 22.6 Å². The molecule has 2 aromatic heterocycles. The number of carbonyl (C=O) groups is 1. The molecule has 6 rings (SSSR count). The fourth-order valence-electron chi connectivity index (χ4n) is 5.44. The zero-order valence-electron chi connectivity index (χ0n) is 21.4. The highest BCUT2D eigenvalue weighted by Gasteiger charge is 2.33. The van der Waals surface area contributed by atoms with Gasteiger partial charge in [0.15, 0.2) is 18.2 Å². The average Bonchev–Trinajstić information content (AvgIpc) is 3.30. The molecule has 0 spiro atoms. The normalized spacial score (nSPS) is 23.6. The van der Waals surface area contributed by atoms with E-state index < -0.39 is 0 Å². The van der Waals surface area contributed by atoms with Crippen LogP contribution in [0.2, 0.25) is 0 Å². The number of anilines is 1. The van der Waals surface area contributed by atoms with Crippen LogP contribution in [0.25, 0.3) is 10.9 Å². The van der Waals surface area contributed by atoms with Gasteiger partial charge in [0.05, 0.1) is 23.9 Å². The van der Waals surface area contributed by atoms with Crippen LogP contribution in [0.15, 0.2) is 47.3 Å². The van der Waals surface area contributed by atoms with Gasteiger partial charge in [-0.25, -0.2) is 4.98 Å². The van der Waals surface area contributed by atoms with E-state index in [1.165, 1.54) is 0 Å². The molecule has 10 heteroatoms. The SMILES string of the molecule is O=C1COc2ccc(CNC[C@@H]3CN4CCn5c(=O)ccc6ccc(cc65)OCCCCO[C@@H]3C4)nc2N1. The molecular weight excluding hydrogens is 486 g/mol. The molecular formula is C28H33N5O5. The highest BCUT2D eigenvalue weighted by atomic mass is 16.5. The predicted molar refractivity (Wildman–Crippen MR) is 143 cm³/mol. The summed E-state index contributed by atoms with van der Waals surface area (Å²) in [4.78, 5) is 31.3. The quantitative estimate of drug-likeness (QED) is 0.539. The van der Waals surface area contributed by atoms with Crippen molar-refractivity contribution < 1.29 is 19.0 Å². The largest absolute Gasteiger partial charge is 0.494 e. The third-order valence-electron chi connectivity index (χ3n) is 7.45.